The highest BCUT2D eigenvalue weighted by Gasteiger charge is 2.34. The van der Waals surface area contributed by atoms with E-state index in [0.717, 1.165) is 12.8 Å². The highest BCUT2D eigenvalue weighted by molar-refractivity contribution is 5.81. The van der Waals surface area contributed by atoms with Gasteiger partial charge in [0.15, 0.2) is 0 Å². The molecule has 1 saturated heterocycles. The molecule has 0 aromatic carbocycles. The van der Waals surface area contributed by atoms with Gasteiger partial charge in [0.25, 0.3) is 0 Å². The predicted octanol–water partition coefficient (Wildman–Crippen LogP) is 0.839. The van der Waals surface area contributed by atoms with E-state index in [2.05, 4.69) is 24.1 Å². The van der Waals surface area contributed by atoms with E-state index in [0.29, 0.717) is 12.1 Å². The Hall–Kier alpha value is -1.10. The van der Waals surface area contributed by atoms with Crippen molar-refractivity contribution in [3.8, 4) is 0 Å². The normalized spacial score (nSPS) is 26.8. The maximum absolute atomic E-state index is 11.9. The number of carboxylic acid groups (broad SMARTS) is 1. The summed E-state index contributed by atoms with van der Waals surface area (Å²) in [6.07, 6.45) is 2.21. The van der Waals surface area contributed by atoms with E-state index in [1.54, 1.807) is 0 Å². The van der Waals surface area contributed by atoms with Crippen LogP contribution in [0, 0.1) is 0 Å². The Morgan fingerprint density at radius 3 is 2.35 bits per heavy atom. The van der Waals surface area contributed by atoms with Crippen LogP contribution in [0.5, 0.6) is 0 Å². The molecular weight excluding hydrogens is 220 g/mol. The van der Waals surface area contributed by atoms with Crippen LogP contribution in [-0.2, 0) is 9.59 Å². The monoisotopic (exact) mass is 242 g/mol. The number of hydrogen-bond donors (Lipinski definition) is 2. The molecule has 5 nitrogen and oxygen atoms in total. The zero-order valence-electron chi connectivity index (χ0n) is 10.8. The fourth-order valence-electron chi connectivity index (χ4n) is 2.55. The molecule has 1 rings (SSSR count). The third-order valence-electron chi connectivity index (χ3n) is 3.48. The number of carbonyl (C=O) groups excluding carboxylic acids is 1. The highest BCUT2D eigenvalue weighted by atomic mass is 16.4. The van der Waals surface area contributed by atoms with Crippen LogP contribution >= 0.6 is 0 Å². The van der Waals surface area contributed by atoms with Gasteiger partial charge in [0, 0.05) is 18.6 Å². The van der Waals surface area contributed by atoms with Gasteiger partial charge < -0.3 is 10.4 Å². The van der Waals surface area contributed by atoms with Crippen molar-refractivity contribution in [1.29, 1.82) is 0 Å². The minimum atomic E-state index is -0.888. The molecule has 0 spiro atoms. The maximum atomic E-state index is 11.9. The molecule has 17 heavy (non-hydrogen) atoms. The number of carboxylic acids is 1. The Bertz CT molecular complexity index is 283. The third-order valence-corrected chi connectivity index (χ3v) is 3.48. The van der Waals surface area contributed by atoms with E-state index in [1.165, 1.54) is 0 Å². The molecule has 5 heteroatoms. The van der Waals surface area contributed by atoms with Gasteiger partial charge in [-0.3, -0.25) is 14.5 Å². The Morgan fingerprint density at radius 1 is 1.35 bits per heavy atom. The molecule has 1 fully saturated rings. The summed E-state index contributed by atoms with van der Waals surface area (Å²) in [6, 6.07) is 0.659. The largest absolute Gasteiger partial charge is 0.481 e. The number of hydrogen-bond acceptors (Lipinski definition) is 3. The van der Waals surface area contributed by atoms with Gasteiger partial charge in [0.2, 0.25) is 5.91 Å². The fourth-order valence-corrected chi connectivity index (χ4v) is 2.55. The van der Waals surface area contributed by atoms with E-state index in [9.17, 15) is 9.59 Å². The molecule has 98 valence electrons. The quantitative estimate of drug-likeness (QED) is 0.749. The molecule has 3 atom stereocenters. The Balaban J connectivity index is 2.43. The van der Waals surface area contributed by atoms with Crippen LogP contribution in [0.1, 0.15) is 40.0 Å². The molecule has 2 N–H and O–H groups in total. The molecule has 0 aromatic heterocycles. The fraction of sp³-hybridized carbons (Fsp3) is 0.833. The first kappa shape index (κ1) is 14.0. The minimum Gasteiger partial charge on any atom is -0.481 e. The van der Waals surface area contributed by atoms with Gasteiger partial charge in [-0.15, -0.1) is 0 Å². The predicted molar refractivity (Wildman–Crippen MR) is 64.7 cm³/mol. The maximum Gasteiger partial charge on any atom is 0.305 e. The second-order valence-electron chi connectivity index (χ2n) is 4.83. The topological polar surface area (TPSA) is 69.6 Å². The summed E-state index contributed by atoms with van der Waals surface area (Å²) in [4.78, 5) is 24.4. The molecule has 1 aliphatic heterocycles. The summed E-state index contributed by atoms with van der Waals surface area (Å²) in [6.45, 7) is 6.35. The number of aliphatic carboxylic acids is 1. The number of likely N-dealkylation sites (tertiary alicyclic amines) is 1. The Morgan fingerprint density at radius 2 is 1.88 bits per heavy atom. The van der Waals surface area contributed by atoms with Crippen molar-refractivity contribution in [2.75, 3.05) is 6.54 Å². The van der Waals surface area contributed by atoms with Crippen molar-refractivity contribution in [1.82, 2.24) is 10.2 Å². The first-order valence-electron chi connectivity index (χ1n) is 6.20. The summed E-state index contributed by atoms with van der Waals surface area (Å²) in [7, 11) is 0. The molecule has 0 aliphatic carbocycles. The molecule has 1 amide bonds. The van der Waals surface area contributed by atoms with Crippen molar-refractivity contribution in [2.45, 2.75) is 58.2 Å². The van der Waals surface area contributed by atoms with E-state index >= 15 is 0 Å². The number of nitrogens with one attached hydrogen (secondary N) is 1. The SMILES string of the molecule is CC1CCC(C)N1C(C)C(=O)NCCC(=O)O. The van der Waals surface area contributed by atoms with Gasteiger partial charge in [-0.2, -0.15) is 0 Å². The Labute approximate surface area is 102 Å². The summed E-state index contributed by atoms with van der Waals surface area (Å²) in [5.41, 5.74) is 0. The third kappa shape index (κ3) is 3.70. The van der Waals surface area contributed by atoms with Crippen LogP contribution in [0.2, 0.25) is 0 Å². The second-order valence-corrected chi connectivity index (χ2v) is 4.83. The molecular formula is C12H22N2O3. The van der Waals surface area contributed by atoms with E-state index in [1.807, 2.05) is 6.92 Å². The average molecular weight is 242 g/mol. The zero-order valence-corrected chi connectivity index (χ0v) is 10.8. The first-order valence-corrected chi connectivity index (χ1v) is 6.20. The van der Waals surface area contributed by atoms with Gasteiger partial charge in [-0.25, -0.2) is 0 Å². The number of carbonyl (C=O) groups is 2. The number of amides is 1. The zero-order chi connectivity index (χ0) is 13.0. The molecule has 0 bridgehead atoms. The standard InChI is InChI=1S/C12H22N2O3/c1-8-4-5-9(2)14(8)10(3)12(17)13-7-6-11(15)16/h8-10H,4-7H2,1-3H3,(H,13,17)(H,15,16). The van der Waals surface area contributed by atoms with Crippen LogP contribution in [0.4, 0.5) is 0 Å². The molecule has 0 radical (unpaired) electrons. The lowest BCUT2D eigenvalue weighted by atomic mass is 10.2. The van der Waals surface area contributed by atoms with Crippen molar-refractivity contribution < 1.29 is 14.7 Å². The summed E-state index contributed by atoms with van der Waals surface area (Å²) in [5, 5.41) is 11.2. The molecule has 0 aromatic rings. The summed E-state index contributed by atoms with van der Waals surface area (Å²) in [5.74, 6) is -0.965. The lowest BCUT2D eigenvalue weighted by Gasteiger charge is -2.31. The van der Waals surface area contributed by atoms with Crippen LogP contribution in [0.25, 0.3) is 0 Å². The van der Waals surface area contributed by atoms with Crippen LogP contribution in [0.15, 0.2) is 0 Å². The van der Waals surface area contributed by atoms with E-state index in [4.69, 9.17) is 5.11 Å². The highest BCUT2D eigenvalue weighted by Crippen LogP contribution is 2.25. The average Bonchev–Trinajstić information content (AvgIpc) is 2.57. The van der Waals surface area contributed by atoms with Gasteiger partial charge >= 0.3 is 5.97 Å². The second kappa shape index (κ2) is 6.00. The van der Waals surface area contributed by atoms with E-state index in [-0.39, 0.29) is 24.9 Å². The number of rotatable bonds is 5. The lowest BCUT2D eigenvalue weighted by molar-refractivity contribution is -0.137. The van der Waals surface area contributed by atoms with Crippen molar-refractivity contribution >= 4 is 11.9 Å². The number of nitrogens with zero attached hydrogens (tertiary/aromatic N) is 1. The first-order chi connectivity index (χ1) is 7.93. The smallest absolute Gasteiger partial charge is 0.305 e. The summed E-state index contributed by atoms with van der Waals surface area (Å²) >= 11 is 0. The molecule has 1 aliphatic rings. The van der Waals surface area contributed by atoms with Crippen molar-refractivity contribution in [3.63, 3.8) is 0 Å². The Kier molecular flexibility index (Phi) is 4.93. The van der Waals surface area contributed by atoms with Gasteiger partial charge in [-0.1, -0.05) is 0 Å². The van der Waals surface area contributed by atoms with Gasteiger partial charge in [-0.05, 0) is 33.6 Å². The van der Waals surface area contributed by atoms with Gasteiger partial charge in [0.05, 0.1) is 12.5 Å². The minimum absolute atomic E-state index is 0.0242. The van der Waals surface area contributed by atoms with E-state index < -0.39 is 5.97 Å². The van der Waals surface area contributed by atoms with Crippen molar-refractivity contribution in [3.05, 3.63) is 0 Å². The van der Waals surface area contributed by atoms with Crippen LogP contribution < -0.4 is 5.32 Å². The van der Waals surface area contributed by atoms with Crippen molar-refractivity contribution in [2.24, 2.45) is 0 Å². The van der Waals surface area contributed by atoms with Crippen LogP contribution in [-0.4, -0.2) is 46.6 Å². The van der Waals surface area contributed by atoms with Gasteiger partial charge in [0.1, 0.15) is 0 Å². The summed E-state index contributed by atoms with van der Waals surface area (Å²) < 4.78 is 0. The van der Waals surface area contributed by atoms with Crippen LogP contribution in [0.3, 0.4) is 0 Å². The molecule has 1 heterocycles. The molecule has 0 saturated carbocycles. The lowest BCUT2D eigenvalue weighted by Crippen LogP contribution is -2.49. The molecule has 3 unspecified atom stereocenters.